The molecule has 39 heavy (non-hydrogen) atoms. The van der Waals surface area contributed by atoms with E-state index < -0.39 is 22.0 Å². The van der Waals surface area contributed by atoms with Crippen LogP contribution in [-0.4, -0.2) is 87.6 Å². The maximum atomic E-state index is 13.3. The lowest BCUT2D eigenvalue weighted by molar-refractivity contribution is -0.142. The van der Waals surface area contributed by atoms with Crippen molar-refractivity contribution in [1.82, 2.24) is 14.5 Å². The second-order valence-corrected chi connectivity index (χ2v) is 11.9. The molecule has 0 bridgehead atoms. The summed E-state index contributed by atoms with van der Waals surface area (Å²) in [6.45, 7) is 3.94. The highest BCUT2D eigenvalue weighted by Crippen LogP contribution is 2.21. The zero-order valence-corrected chi connectivity index (χ0v) is 23.5. The third-order valence-corrected chi connectivity index (χ3v) is 8.92. The molecule has 0 aromatic heterocycles. The van der Waals surface area contributed by atoms with Gasteiger partial charge in [-0.15, -0.1) is 0 Å². The van der Waals surface area contributed by atoms with Crippen LogP contribution in [0, 0.1) is 0 Å². The van der Waals surface area contributed by atoms with Gasteiger partial charge < -0.3 is 24.4 Å². The predicted molar refractivity (Wildman–Crippen MR) is 145 cm³/mol. The van der Waals surface area contributed by atoms with Crippen molar-refractivity contribution in [1.29, 1.82) is 0 Å². The Balaban J connectivity index is 1.40. The molecule has 2 heterocycles. The summed E-state index contributed by atoms with van der Waals surface area (Å²) in [6, 6.07) is 12.2. The molecule has 2 saturated heterocycles. The first kappa shape index (κ1) is 29.3. The van der Waals surface area contributed by atoms with Crippen molar-refractivity contribution < 1.29 is 32.2 Å². The monoisotopic (exact) mass is 579 g/mol. The van der Waals surface area contributed by atoms with E-state index in [1.54, 1.807) is 31.2 Å². The summed E-state index contributed by atoms with van der Waals surface area (Å²) >= 11 is 6.01. The van der Waals surface area contributed by atoms with Gasteiger partial charge in [0.05, 0.1) is 24.2 Å². The van der Waals surface area contributed by atoms with Crippen LogP contribution in [0.4, 0.5) is 0 Å². The molecular formula is C27H34ClN3O7S. The fourth-order valence-electron chi connectivity index (χ4n) is 4.41. The number of hydrogen-bond acceptors (Lipinski definition) is 7. The lowest BCUT2D eigenvalue weighted by atomic mass is 10.1. The summed E-state index contributed by atoms with van der Waals surface area (Å²) in [5.41, 5.74) is 0.809. The van der Waals surface area contributed by atoms with Gasteiger partial charge >= 0.3 is 0 Å². The number of hydrogen-bond donors (Lipinski definition) is 1. The molecule has 2 fully saturated rings. The maximum Gasteiger partial charge on any atom is 0.261 e. The van der Waals surface area contributed by atoms with Crippen LogP contribution in [0.5, 0.6) is 5.75 Å². The van der Waals surface area contributed by atoms with Crippen LogP contribution in [0.3, 0.4) is 0 Å². The van der Waals surface area contributed by atoms with E-state index in [1.165, 1.54) is 33.5 Å². The zero-order valence-electron chi connectivity index (χ0n) is 21.9. The van der Waals surface area contributed by atoms with E-state index in [-0.39, 0.29) is 30.1 Å². The quantitative estimate of drug-likeness (QED) is 0.435. The lowest BCUT2D eigenvalue weighted by Gasteiger charge is -2.29. The van der Waals surface area contributed by atoms with Gasteiger partial charge in [0.1, 0.15) is 11.8 Å². The van der Waals surface area contributed by atoms with Crippen LogP contribution in [-0.2, 0) is 35.6 Å². The molecule has 0 radical (unpaired) electrons. The Kier molecular flexibility index (Phi) is 10.2. The largest absolute Gasteiger partial charge is 0.484 e. The summed E-state index contributed by atoms with van der Waals surface area (Å²) < 4.78 is 43.6. The number of amides is 2. The SMILES string of the molecule is C[C@H](C(=O)NC[C@@H]1CCCO1)N(Cc1ccc(Cl)cc1)C(=O)COc1ccc(S(=O)(=O)N2CCOCC2)cc1. The van der Waals surface area contributed by atoms with Crippen LogP contribution in [0.2, 0.25) is 5.02 Å². The smallest absolute Gasteiger partial charge is 0.261 e. The van der Waals surface area contributed by atoms with Gasteiger partial charge in [0.15, 0.2) is 6.61 Å². The summed E-state index contributed by atoms with van der Waals surface area (Å²) in [7, 11) is -3.63. The number of sulfonamides is 1. The van der Waals surface area contributed by atoms with Crippen LogP contribution in [0.25, 0.3) is 0 Å². The van der Waals surface area contributed by atoms with Crippen molar-refractivity contribution in [2.24, 2.45) is 0 Å². The van der Waals surface area contributed by atoms with Gasteiger partial charge in [-0.2, -0.15) is 4.31 Å². The standard InChI is InChI=1S/C27H34ClN3O7S/c1-20(27(33)29-17-24-3-2-14-37-24)31(18-21-4-6-22(28)7-5-21)26(32)19-38-23-8-10-25(11-9-23)39(34,35)30-12-15-36-16-13-30/h4-11,20,24H,2-3,12-19H2,1H3,(H,29,33)/t20-,24+/m1/s1. The second-order valence-electron chi connectivity index (χ2n) is 9.48. The highest BCUT2D eigenvalue weighted by molar-refractivity contribution is 7.89. The minimum atomic E-state index is -3.63. The van der Waals surface area contributed by atoms with E-state index >= 15 is 0 Å². The highest BCUT2D eigenvalue weighted by Gasteiger charge is 2.28. The molecule has 12 heteroatoms. The normalized spacial score (nSPS) is 18.9. The Bertz CT molecular complexity index is 1210. The molecule has 2 aliphatic rings. The first-order valence-corrected chi connectivity index (χ1v) is 14.8. The molecule has 212 valence electrons. The number of benzene rings is 2. The number of morpholine rings is 1. The van der Waals surface area contributed by atoms with Gasteiger partial charge in [-0.05, 0) is 61.7 Å². The molecular weight excluding hydrogens is 546 g/mol. The van der Waals surface area contributed by atoms with Gasteiger partial charge in [-0.3, -0.25) is 9.59 Å². The van der Waals surface area contributed by atoms with E-state index in [0.29, 0.717) is 50.2 Å². The molecule has 2 aromatic rings. The summed E-state index contributed by atoms with van der Waals surface area (Å²) in [4.78, 5) is 27.8. The van der Waals surface area contributed by atoms with Gasteiger partial charge in [-0.25, -0.2) is 8.42 Å². The number of carbonyl (C=O) groups is 2. The average Bonchev–Trinajstić information content (AvgIpc) is 3.48. The number of halogens is 1. The molecule has 0 spiro atoms. The van der Waals surface area contributed by atoms with E-state index in [9.17, 15) is 18.0 Å². The fraction of sp³-hybridized carbons (Fsp3) is 0.481. The van der Waals surface area contributed by atoms with Crippen LogP contribution in [0.15, 0.2) is 53.4 Å². The first-order chi connectivity index (χ1) is 18.7. The Hall–Kier alpha value is -2.70. The van der Waals surface area contributed by atoms with Gasteiger partial charge in [0.2, 0.25) is 15.9 Å². The fourth-order valence-corrected chi connectivity index (χ4v) is 5.94. The van der Waals surface area contributed by atoms with E-state index in [1.807, 2.05) is 0 Å². The van der Waals surface area contributed by atoms with Crippen molar-refractivity contribution in [2.75, 3.05) is 46.1 Å². The Labute approximate surface area is 234 Å². The maximum absolute atomic E-state index is 13.3. The molecule has 2 aliphatic heterocycles. The number of carbonyl (C=O) groups excluding carboxylic acids is 2. The summed E-state index contributed by atoms with van der Waals surface area (Å²) in [5, 5.41) is 3.46. The van der Waals surface area contributed by atoms with E-state index in [2.05, 4.69) is 5.32 Å². The van der Waals surface area contributed by atoms with Crippen molar-refractivity contribution in [2.45, 2.75) is 43.4 Å². The molecule has 1 N–H and O–H groups in total. The first-order valence-electron chi connectivity index (χ1n) is 13.0. The van der Waals surface area contributed by atoms with E-state index in [0.717, 1.165) is 18.4 Å². The third kappa shape index (κ3) is 7.92. The van der Waals surface area contributed by atoms with E-state index in [4.69, 9.17) is 25.8 Å². The molecule has 2 atom stereocenters. The molecule has 0 saturated carbocycles. The molecule has 0 unspecified atom stereocenters. The number of ether oxygens (including phenoxy) is 3. The zero-order chi connectivity index (χ0) is 27.8. The molecule has 2 amide bonds. The lowest BCUT2D eigenvalue weighted by Crippen LogP contribution is -2.50. The van der Waals surface area contributed by atoms with Crippen molar-refractivity contribution >= 4 is 33.4 Å². The van der Waals surface area contributed by atoms with Gasteiger partial charge in [0, 0.05) is 37.8 Å². The third-order valence-electron chi connectivity index (χ3n) is 6.76. The number of nitrogens with one attached hydrogen (secondary N) is 1. The Morgan fingerprint density at radius 2 is 1.79 bits per heavy atom. The summed E-state index contributed by atoms with van der Waals surface area (Å²) in [5.74, 6) is -0.341. The van der Waals surface area contributed by atoms with Crippen molar-refractivity contribution in [3.8, 4) is 5.75 Å². The summed E-state index contributed by atoms with van der Waals surface area (Å²) in [6.07, 6.45) is 1.84. The van der Waals surface area contributed by atoms with Gasteiger partial charge in [-0.1, -0.05) is 23.7 Å². The van der Waals surface area contributed by atoms with Crippen molar-refractivity contribution in [3.63, 3.8) is 0 Å². The second kappa shape index (κ2) is 13.6. The molecule has 4 rings (SSSR count). The molecule has 2 aromatic carbocycles. The molecule has 10 nitrogen and oxygen atoms in total. The van der Waals surface area contributed by atoms with Crippen molar-refractivity contribution in [3.05, 3.63) is 59.1 Å². The van der Waals surface area contributed by atoms with Crippen LogP contribution < -0.4 is 10.1 Å². The van der Waals surface area contributed by atoms with Crippen LogP contribution in [0.1, 0.15) is 25.3 Å². The minimum absolute atomic E-state index is 0.0140. The van der Waals surface area contributed by atoms with Crippen LogP contribution >= 0.6 is 11.6 Å². The highest BCUT2D eigenvalue weighted by atomic mass is 35.5. The topological polar surface area (TPSA) is 114 Å². The number of rotatable bonds is 11. The Morgan fingerprint density at radius 3 is 2.44 bits per heavy atom. The average molecular weight is 580 g/mol. The predicted octanol–water partition coefficient (Wildman–Crippen LogP) is 2.45. The molecule has 0 aliphatic carbocycles. The minimum Gasteiger partial charge on any atom is -0.484 e. The Morgan fingerprint density at radius 1 is 1.10 bits per heavy atom. The number of nitrogens with zero attached hydrogens (tertiary/aromatic N) is 2. The van der Waals surface area contributed by atoms with Gasteiger partial charge in [0.25, 0.3) is 5.91 Å².